The van der Waals surface area contributed by atoms with Crippen LogP contribution in [0.1, 0.15) is 25.7 Å². The molecule has 1 fully saturated rings. The van der Waals surface area contributed by atoms with E-state index < -0.39 is 0 Å². The van der Waals surface area contributed by atoms with Gasteiger partial charge < -0.3 is 10.0 Å². The second-order valence-electron chi connectivity index (χ2n) is 4.32. The molecular weight excluding hydrogens is 150 g/mol. The maximum atomic E-state index is 8.78. The molecule has 72 valence electrons. The molecule has 0 saturated heterocycles. The fraction of sp³-hybridized carbons (Fsp3) is 1.00. The smallest absolute Gasteiger partial charge is 0.0433 e. The van der Waals surface area contributed by atoms with Gasteiger partial charge in [-0.15, -0.1) is 0 Å². The minimum atomic E-state index is 0.374. The summed E-state index contributed by atoms with van der Waals surface area (Å²) in [4.78, 5) is 2.27. The van der Waals surface area contributed by atoms with E-state index in [2.05, 4.69) is 19.0 Å². The summed E-state index contributed by atoms with van der Waals surface area (Å²) < 4.78 is 0. The zero-order valence-corrected chi connectivity index (χ0v) is 8.29. The molecule has 1 N–H and O–H groups in total. The SMILES string of the molecule is CN(C)C[C@@H]1CC[C@H](CCO)C1. The molecule has 1 aliphatic rings. The minimum Gasteiger partial charge on any atom is -0.396 e. The van der Waals surface area contributed by atoms with Crippen LogP contribution >= 0.6 is 0 Å². The van der Waals surface area contributed by atoms with E-state index in [4.69, 9.17) is 5.11 Å². The molecule has 0 aromatic rings. The molecule has 0 spiro atoms. The molecule has 0 aromatic heterocycles. The van der Waals surface area contributed by atoms with Crippen molar-refractivity contribution < 1.29 is 5.11 Å². The summed E-state index contributed by atoms with van der Waals surface area (Å²) in [6, 6.07) is 0. The predicted molar refractivity (Wildman–Crippen MR) is 51.1 cm³/mol. The van der Waals surface area contributed by atoms with E-state index in [9.17, 15) is 0 Å². The van der Waals surface area contributed by atoms with Crippen molar-refractivity contribution in [3.63, 3.8) is 0 Å². The Balaban J connectivity index is 2.16. The lowest BCUT2D eigenvalue weighted by Crippen LogP contribution is -2.19. The van der Waals surface area contributed by atoms with Crippen molar-refractivity contribution in [1.82, 2.24) is 4.90 Å². The van der Waals surface area contributed by atoms with Crippen molar-refractivity contribution in [2.24, 2.45) is 11.8 Å². The molecule has 1 aliphatic carbocycles. The number of rotatable bonds is 4. The summed E-state index contributed by atoms with van der Waals surface area (Å²) in [5.41, 5.74) is 0. The molecule has 2 nitrogen and oxygen atoms in total. The van der Waals surface area contributed by atoms with Crippen LogP contribution in [0.25, 0.3) is 0 Å². The van der Waals surface area contributed by atoms with E-state index >= 15 is 0 Å². The molecule has 0 aliphatic heterocycles. The van der Waals surface area contributed by atoms with Gasteiger partial charge in [-0.25, -0.2) is 0 Å². The Hall–Kier alpha value is -0.0800. The second kappa shape index (κ2) is 4.83. The van der Waals surface area contributed by atoms with Gasteiger partial charge in [0.2, 0.25) is 0 Å². The first-order chi connectivity index (χ1) is 5.72. The molecule has 2 heteroatoms. The van der Waals surface area contributed by atoms with Crippen LogP contribution in [-0.2, 0) is 0 Å². The van der Waals surface area contributed by atoms with Crippen LogP contribution < -0.4 is 0 Å². The molecule has 0 amide bonds. The van der Waals surface area contributed by atoms with Crippen molar-refractivity contribution in [2.45, 2.75) is 25.7 Å². The first kappa shape index (κ1) is 10.0. The Morgan fingerprint density at radius 1 is 1.25 bits per heavy atom. The fourth-order valence-corrected chi connectivity index (χ4v) is 2.31. The molecule has 1 saturated carbocycles. The van der Waals surface area contributed by atoms with Gasteiger partial charge in [0.15, 0.2) is 0 Å². The third-order valence-corrected chi connectivity index (χ3v) is 2.81. The average Bonchev–Trinajstić information content (AvgIpc) is 2.36. The highest BCUT2D eigenvalue weighted by atomic mass is 16.3. The van der Waals surface area contributed by atoms with Gasteiger partial charge in [-0.1, -0.05) is 6.42 Å². The van der Waals surface area contributed by atoms with Crippen LogP contribution in [0, 0.1) is 11.8 Å². The maximum absolute atomic E-state index is 8.78. The van der Waals surface area contributed by atoms with E-state index in [0.717, 1.165) is 18.3 Å². The van der Waals surface area contributed by atoms with Crippen molar-refractivity contribution in [3.05, 3.63) is 0 Å². The maximum Gasteiger partial charge on any atom is 0.0433 e. The zero-order valence-electron chi connectivity index (χ0n) is 8.29. The monoisotopic (exact) mass is 171 g/mol. The van der Waals surface area contributed by atoms with Gasteiger partial charge >= 0.3 is 0 Å². The van der Waals surface area contributed by atoms with Crippen LogP contribution in [0.5, 0.6) is 0 Å². The average molecular weight is 171 g/mol. The Kier molecular flexibility index (Phi) is 4.02. The van der Waals surface area contributed by atoms with Crippen LogP contribution in [0.15, 0.2) is 0 Å². The Bertz CT molecular complexity index is 125. The third kappa shape index (κ3) is 3.11. The second-order valence-corrected chi connectivity index (χ2v) is 4.32. The highest BCUT2D eigenvalue weighted by Gasteiger charge is 2.24. The first-order valence-corrected chi connectivity index (χ1v) is 4.98. The quantitative estimate of drug-likeness (QED) is 0.690. The standard InChI is InChI=1S/C10H21NO/c1-11(2)8-10-4-3-9(7-10)5-6-12/h9-10,12H,3-8H2,1-2H3/t9-,10-/m1/s1. The molecule has 12 heavy (non-hydrogen) atoms. The van der Waals surface area contributed by atoms with Crippen LogP contribution in [-0.4, -0.2) is 37.3 Å². The number of hydrogen-bond acceptors (Lipinski definition) is 2. The summed E-state index contributed by atoms with van der Waals surface area (Å²) in [6.45, 7) is 1.60. The molecule has 0 aromatic carbocycles. The minimum absolute atomic E-state index is 0.374. The van der Waals surface area contributed by atoms with Gasteiger partial charge in [-0.2, -0.15) is 0 Å². The van der Waals surface area contributed by atoms with Crippen molar-refractivity contribution >= 4 is 0 Å². The molecular formula is C10H21NO. The predicted octanol–water partition coefficient (Wildman–Crippen LogP) is 1.35. The summed E-state index contributed by atoms with van der Waals surface area (Å²) >= 11 is 0. The molecule has 2 atom stereocenters. The van der Waals surface area contributed by atoms with Gasteiger partial charge in [0, 0.05) is 13.2 Å². The third-order valence-electron chi connectivity index (χ3n) is 2.81. The van der Waals surface area contributed by atoms with E-state index in [0.29, 0.717) is 6.61 Å². The summed E-state index contributed by atoms with van der Waals surface area (Å²) in [7, 11) is 4.28. The van der Waals surface area contributed by atoms with Gasteiger partial charge in [0.1, 0.15) is 0 Å². The van der Waals surface area contributed by atoms with Gasteiger partial charge in [-0.3, -0.25) is 0 Å². The Labute approximate surface area is 75.6 Å². The summed E-state index contributed by atoms with van der Waals surface area (Å²) in [5.74, 6) is 1.69. The Morgan fingerprint density at radius 3 is 2.50 bits per heavy atom. The van der Waals surface area contributed by atoms with E-state index in [-0.39, 0.29) is 0 Å². The number of aliphatic hydroxyl groups is 1. The topological polar surface area (TPSA) is 23.5 Å². The summed E-state index contributed by atoms with van der Waals surface area (Å²) in [6.07, 6.45) is 5.05. The molecule has 0 unspecified atom stereocenters. The normalized spacial score (nSPS) is 30.0. The Morgan fingerprint density at radius 2 is 1.92 bits per heavy atom. The highest BCUT2D eigenvalue weighted by molar-refractivity contribution is 4.76. The number of nitrogens with zero attached hydrogens (tertiary/aromatic N) is 1. The van der Waals surface area contributed by atoms with E-state index in [1.54, 1.807) is 0 Å². The van der Waals surface area contributed by atoms with Crippen molar-refractivity contribution in [1.29, 1.82) is 0 Å². The van der Waals surface area contributed by atoms with Crippen molar-refractivity contribution in [2.75, 3.05) is 27.2 Å². The molecule has 0 radical (unpaired) electrons. The van der Waals surface area contributed by atoms with E-state index in [1.165, 1.54) is 25.8 Å². The molecule has 0 heterocycles. The summed E-state index contributed by atoms with van der Waals surface area (Å²) in [5, 5.41) is 8.78. The first-order valence-electron chi connectivity index (χ1n) is 4.98. The lowest BCUT2D eigenvalue weighted by atomic mass is 10.0. The van der Waals surface area contributed by atoms with Crippen molar-refractivity contribution in [3.8, 4) is 0 Å². The zero-order chi connectivity index (χ0) is 8.97. The number of aliphatic hydroxyl groups excluding tert-OH is 1. The van der Waals surface area contributed by atoms with Crippen LogP contribution in [0.2, 0.25) is 0 Å². The fourth-order valence-electron chi connectivity index (χ4n) is 2.31. The lowest BCUT2D eigenvalue weighted by Gasteiger charge is -2.15. The van der Waals surface area contributed by atoms with Gasteiger partial charge in [-0.05, 0) is 45.2 Å². The van der Waals surface area contributed by atoms with Gasteiger partial charge in [0.05, 0.1) is 0 Å². The van der Waals surface area contributed by atoms with Crippen LogP contribution in [0.4, 0.5) is 0 Å². The largest absolute Gasteiger partial charge is 0.396 e. The molecule has 0 bridgehead atoms. The van der Waals surface area contributed by atoms with Crippen LogP contribution in [0.3, 0.4) is 0 Å². The van der Waals surface area contributed by atoms with E-state index in [1.807, 2.05) is 0 Å². The van der Waals surface area contributed by atoms with Gasteiger partial charge in [0.25, 0.3) is 0 Å². The molecule has 1 rings (SSSR count). The number of hydrogen-bond donors (Lipinski definition) is 1. The lowest BCUT2D eigenvalue weighted by molar-refractivity contribution is 0.252. The highest BCUT2D eigenvalue weighted by Crippen LogP contribution is 2.32.